The van der Waals surface area contributed by atoms with Gasteiger partial charge in [0.2, 0.25) is 10.0 Å². The van der Waals surface area contributed by atoms with Gasteiger partial charge in [0.25, 0.3) is 0 Å². The number of likely N-dealkylation sites (N-methyl/N-ethyl adjacent to an activating group) is 1. The van der Waals surface area contributed by atoms with Gasteiger partial charge < -0.3 is 14.9 Å². The Morgan fingerprint density at radius 3 is 2.54 bits per heavy atom. The molecule has 9 heteroatoms. The number of nitrogens with zero attached hydrogens (tertiary/aromatic N) is 2. The van der Waals surface area contributed by atoms with Gasteiger partial charge in [-0.2, -0.15) is 4.31 Å². The summed E-state index contributed by atoms with van der Waals surface area (Å²) in [6.07, 6.45) is 3.44. The number of benzene rings is 2. The molecule has 8 nitrogen and oxygen atoms in total. The predicted molar refractivity (Wildman–Crippen MR) is 135 cm³/mol. The summed E-state index contributed by atoms with van der Waals surface area (Å²) in [6, 6.07) is 11.2. The van der Waals surface area contributed by atoms with E-state index in [-0.39, 0.29) is 35.6 Å². The number of sulfonamides is 1. The molecule has 190 valence electrons. The van der Waals surface area contributed by atoms with Crippen LogP contribution in [0.15, 0.2) is 53.4 Å². The van der Waals surface area contributed by atoms with Gasteiger partial charge in [-0.05, 0) is 56.3 Å². The molecule has 2 N–H and O–H groups in total. The van der Waals surface area contributed by atoms with E-state index in [4.69, 9.17) is 9.84 Å². The zero-order chi connectivity index (χ0) is 25.8. The summed E-state index contributed by atoms with van der Waals surface area (Å²) < 4.78 is 34.7. The minimum Gasteiger partial charge on any atom is -0.487 e. The molecule has 1 aliphatic heterocycles. The quantitative estimate of drug-likeness (QED) is 0.570. The van der Waals surface area contributed by atoms with Gasteiger partial charge in [-0.1, -0.05) is 37.3 Å². The first-order valence-corrected chi connectivity index (χ1v) is 13.1. The number of allylic oxidation sites excluding steroid dienone is 1. The lowest BCUT2D eigenvalue weighted by Crippen LogP contribution is -2.49. The Morgan fingerprint density at radius 2 is 1.94 bits per heavy atom. The van der Waals surface area contributed by atoms with Crippen LogP contribution < -0.4 is 4.74 Å². The predicted octanol–water partition coefficient (Wildman–Crippen LogP) is 3.32. The number of carbonyl (C=O) groups is 1. The van der Waals surface area contributed by atoms with Crippen LogP contribution in [-0.4, -0.2) is 72.7 Å². The van der Waals surface area contributed by atoms with Crippen molar-refractivity contribution in [2.45, 2.75) is 44.4 Å². The standard InChI is InChI=1S/C26H34N2O6S/c1-5-6-20-9-12-25-23(13-20)34-24(18(2)14-28(19(3)17-29)35(25,32)33)16-27(4)15-21-7-10-22(11-8-21)26(30)31/h5-13,18-19,24,29H,14-17H2,1-4H3,(H,30,31)/b6-5+/t18-,19+,24-/m1/s1. The number of aromatic carboxylic acids is 1. The second-order valence-electron chi connectivity index (χ2n) is 9.14. The molecule has 1 aliphatic rings. The van der Waals surface area contributed by atoms with Crippen LogP contribution in [-0.2, 0) is 16.6 Å². The molecule has 0 spiro atoms. The Balaban J connectivity index is 1.91. The number of aliphatic hydroxyl groups is 1. The van der Waals surface area contributed by atoms with Crippen molar-refractivity contribution in [1.82, 2.24) is 9.21 Å². The molecular weight excluding hydrogens is 468 g/mol. The molecule has 35 heavy (non-hydrogen) atoms. The monoisotopic (exact) mass is 502 g/mol. The number of carboxylic acids is 1. The SMILES string of the molecule is C/C=C/c1ccc2c(c1)O[C@H](CN(C)Cc1ccc(C(=O)O)cc1)[C@H](C)CN([C@@H](C)CO)S2(=O)=O. The summed E-state index contributed by atoms with van der Waals surface area (Å²) in [5.74, 6) is -0.824. The van der Waals surface area contributed by atoms with E-state index in [1.54, 1.807) is 49.4 Å². The number of fused-ring (bicyclic) bond motifs is 1. The molecule has 2 aromatic carbocycles. The van der Waals surface area contributed by atoms with E-state index >= 15 is 0 Å². The molecule has 2 aromatic rings. The number of hydrogen-bond acceptors (Lipinski definition) is 6. The maximum Gasteiger partial charge on any atom is 0.335 e. The number of hydrogen-bond donors (Lipinski definition) is 2. The van der Waals surface area contributed by atoms with Crippen LogP contribution in [0, 0.1) is 5.92 Å². The molecule has 0 fully saturated rings. The first kappa shape index (κ1) is 26.9. The largest absolute Gasteiger partial charge is 0.487 e. The van der Waals surface area contributed by atoms with Gasteiger partial charge in [-0.3, -0.25) is 4.90 Å². The van der Waals surface area contributed by atoms with Gasteiger partial charge in [0, 0.05) is 31.6 Å². The van der Waals surface area contributed by atoms with Crippen molar-refractivity contribution in [3.05, 3.63) is 65.2 Å². The molecule has 0 amide bonds. The normalized spacial score (nSPS) is 21.2. The highest BCUT2D eigenvalue weighted by atomic mass is 32.2. The smallest absolute Gasteiger partial charge is 0.335 e. The molecule has 0 saturated heterocycles. The summed E-state index contributed by atoms with van der Waals surface area (Å²) in [6.45, 7) is 6.57. The first-order chi connectivity index (χ1) is 16.6. The summed E-state index contributed by atoms with van der Waals surface area (Å²) in [5.41, 5.74) is 2.04. The fraction of sp³-hybridized carbons (Fsp3) is 0.423. The summed E-state index contributed by atoms with van der Waals surface area (Å²) in [5, 5.41) is 18.9. The maximum absolute atomic E-state index is 13.5. The highest BCUT2D eigenvalue weighted by Crippen LogP contribution is 2.34. The number of rotatable bonds is 8. The van der Waals surface area contributed by atoms with Crippen molar-refractivity contribution in [2.24, 2.45) is 5.92 Å². The van der Waals surface area contributed by atoms with E-state index in [1.165, 1.54) is 4.31 Å². The van der Waals surface area contributed by atoms with E-state index in [0.29, 0.717) is 18.8 Å². The molecular formula is C26H34N2O6S. The molecule has 0 saturated carbocycles. The Hall–Kier alpha value is -2.72. The lowest BCUT2D eigenvalue weighted by Gasteiger charge is -2.37. The molecule has 0 bridgehead atoms. The zero-order valence-corrected chi connectivity index (χ0v) is 21.4. The molecule has 0 radical (unpaired) electrons. The van der Waals surface area contributed by atoms with Crippen molar-refractivity contribution in [3.8, 4) is 5.75 Å². The van der Waals surface area contributed by atoms with Gasteiger partial charge in [0.1, 0.15) is 16.7 Å². The van der Waals surface area contributed by atoms with Crippen LogP contribution in [0.1, 0.15) is 42.3 Å². The van der Waals surface area contributed by atoms with Gasteiger partial charge in [-0.25, -0.2) is 13.2 Å². The van der Waals surface area contributed by atoms with Crippen molar-refractivity contribution in [1.29, 1.82) is 0 Å². The first-order valence-electron chi connectivity index (χ1n) is 11.6. The molecule has 0 unspecified atom stereocenters. The number of ether oxygens (including phenoxy) is 1. The second-order valence-corrected chi connectivity index (χ2v) is 11.0. The lowest BCUT2D eigenvalue weighted by atomic mass is 10.0. The average Bonchev–Trinajstić information content (AvgIpc) is 2.81. The van der Waals surface area contributed by atoms with E-state index in [9.17, 15) is 18.3 Å². The van der Waals surface area contributed by atoms with E-state index < -0.39 is 22.0 Å². The third-order valence-corrected chi connectivity index (χ3v) is 8.21. The fourth-order valence-electron chi connectivity index (χ4n) is 4.19. The molecule has 0 aromatic heterocycles. The highest BCUT2D eigenvalue weighted by Gasteiger charge is 2.38. The maximum atomic E-state index is 13.5. The van der Waals surface area contributed by atoms with Crippen LogP contribution in [0.4, 0.5) is 0 Å². The highest BCUT2D eigenvalue weighted by molar-refractivity contribution is 7.89. The van der Waals surface area contributed by atoms with Crippen molar-refractivity contribution < 1.29 is 28.2 Å². The summed E-state index contributed by atoms with van der Waals surface area (Å²) in [4.78, 5) is 13.3. The van der Waals surface area contributed by atoms with Gasteiger partial charge in [0.15, 0.2) is 0 Å². The Kier molecular flexibility index (Phi) is 8.71. The van der Waals surface area contributed by atoms with Gasteiger partial charge >= 0.3 is 5.97 Å². The van der Waals surface area contributed by atoms with Crippen LogP contribution in [0.2, 0.25) is 0 Å². The summed E-state index contributed by atoms with van der Waals surface area (Å²) in [7, 11) is -1.92. The Labute approximate surface area is 207 Å². The van der Waals surface area contributed by atoms with Crippen molar-refractivity contribution >= 4 is 22.1 Å². The molecule has 3 atom stereocenters. The number of carboxylic acid groups (broad SMARTS) is 1. The average molecular weight is 503 g/mol. The minimum atomic E-state index is -3.87. The molecule has 0 aliphatic carbocycles. The van der Waals surface area contributed by atoms with E-state index in [0.717, 1.165) is 11.1 Å². The fourth-order valence-corrected chi connectivity index (χ4v) is 6.02. The third-order valence-electron chi connectivity index (χ3n) is 6.20. The van der Waals surface area contributed by atoms with Gasteiger partial charge in [-0.15, -0.1) is 0 Å². The lowest BCUT2D eigenvalue weighted by molar-refractivity contribution is 0.0697. The second kappa shape index (κ2) is 11.3. The van der Waals surface area contributed by atoms with E-state index in [2.05, 4.69) is 4.90 Å². The zero-order valence-electron chi connectivity index (χ0n) is 20.6. The van der Waals surface area contributed by atoms with E-state index in [1.807, 2.05) is 33.0 Å². The molecule has 3 rings (SSSR count). The van der Waals surface area contributed by atoms with Crippen molar-refractivity contribution in [3.63, 3.8) is 0 Å². The third kappa shape index (κ3) is 6.29. The molecule has 1 heterocycles. The van der Waals surface area contributed by atoms with Crippen LogP contribution in [0.3, 0.4) is 0 Å². The summed E-state index contributed by atoms with van der Waals surface area (Å²) >= 11 is 0. The Bertz CT molecular complexity index is 1160. The van der Waals surface area contributed by atoms with Gasteiger partial charge in [0.05, 0.1) is 12.2 Å². The Morgan fingerprint density at radius 1 is 1.26 bits per heavy atom. The van der Waals surface area contributed by atoms with Crippen LogP contribution in [0.25, 0.3) is 6.08 Å². The minimum absolute atomic E-state index is 0.0925. The van der Waals surface area contributed by atoms with Crippen molar-refractivity contribution in [2.75, 3.05) is 26.7 Å². The van der Waals surface area contributed by atoms with Crippen LogP contribution in [0.5, 0.6) is 5.75 Å². The number of aliphatic hydroxyl groups excluding tert-OH is 1. The van der Waals surface area contributed by atoms with Crippen LogP contribution >= 0.6 is 0 Å². The topological polar surface area (TPSA) is 107 Å².